The second-order valence-corrected chi connectivity index (χ2v) is 8.05. The van der Waals surface area contributed by atoms with Gasteiger partial charge in [0.1, 0.15) is 26.2 Å². The van der Waals surface area contributed by atoms with Gasteiger partial charge in [-0.15, -0.1) is 0 Å². The number of ether oxygens (including phenoxy) is 2. The molecular formula is C24H31N3O3+2. The lowest BCUT2D eigenvalue weighted by Gasteiger charge is -2.32. The van der Waals surface area contributed by atoms with Gasteiger partial charge < -0.3 is 24.6 Å². The highest BCUT2D eigenvalue weighted by molar-refractivity contribution is 5.79. The van der Waals surface area contributed by atoms with Gasteiger partial charge in [-0.2, -0.15) is 0 Å². The molecule has 1 amide bonds. The zero-order valence-corrected chi connectivity index (χ0v) is 17.5. The van der Waals surface area contributed by atoms with Crippen LogP contribution in [-0.2, 0) is 11.3 Å². The Labute approximate surface area is 178 Å². The summed E-state index contributed by atoms with van der Waals surface area (Å²) in [6.45, 7) is 8.07. The molecule has 30 heavy (non-hydrogen) atoms. The van der Waals surface area contributed by atoms with Crippen LogP contribution in [0.15, 0.2) is 54.6 Å². The molecule has 0 unspecified atom stereocenters. The summed E-state index contributed by atoms with van der Waals surface area (Å²) < 4.78 is 10.7. The van der Waals surface area contributed by atoms with Crippen molar-refractivity contribution in [2.75, 3.05) is 39.5 Å². The van der Waals surface area contributed by atoms with Gasteiger partial charge in [-0.05, 0) is 36.3 Å². The standard InChI is InChI=1S/C24H29N3O3/c1-19(24(28)25-17-21-9-10-22-23(16-21)30-18-29-22)27-14-12-26(13-15-27)11-5-8-20-6-3-2-4-7-20/h2-10,16,19H,11-15,17-18H2,1H3,(H,25,28)/p+2/b8-5+/t19-/m1/s1. The van der Waals surface area contributed by atoms with E-state index in [4.69, 9.17) is 9.47 Å². The van der Waals surface area contributed by atoms with Crippen LogP contribution in [0.5, 0.6) is 11.5 Å². The van der Waals surface area contributed by atoms with E-state index in [1.807, 2.05) is 31.2 Å². The third-order valence-electron chi connectivity index (χ3n) is 6.03. The zero-order chi connectivity index (χ0) is 20.8. The van der Waals surface area contributed by atoms with Crippen LogP contribution in [0.25, 0.3) is 6.08 Å². The predicted octanol–water partition coefficient (Wildman–Crippen LogP) is -0.0832. The van der Waals surface area contributed by atoms with Gasteiger partial charge in [-0.1, -0.05) is 42.5 Å². The number of carbonyl (C=O) groups excluding carboxylic acids is 1. The Bertz CT molecular complexity index is 877. The van der Waals surface area contributed by atoms with E-state index in [0.717, 1.165) is 49.8 Å². The molecule has 1 atom stereocenters. The van der Waals surface area contributed by atoms with Crippen LogP contribution in [0.3, 0.4) is 0 Å². The van der Waals surface area contributed by atoms with Crippen LogP contribution in [0.2, 0.25) is 0 Å². The zero-order valence-electron chi connectivity index (χ0n) is 17.5. The van der Waals surface area contributed by atoms with Gasteiger partial charge in [-0.25, -0.2) is 0 Å². The van der Waals surface area contributed by atoms with E-state index in [-0.39, 0.29) is 18.7 Å². The number of rotatable bonds is 7. The van der Waals surface area contributed by atoms with E-state index >= 15 is 0 Å². The number of hydrogen-bond acceptors (Lipinski definition) is 3. The molecule has 3 N–H and O–H groups in total. The Hall–Kier alpha value is -2.83. The minimum atomic E-state index is -0.0413. The lowest BCUT2D eigenvalue weighted by Crippen LogP contribution is -3.30. The fourth-order valence-electron chi connectivity index (χ4n) is 4.07. The molecule has 0 aromatic heterocycles. The molecule has 2 aliphatic rings. The lowest BCUT2D eigenvalue weighted by molar-refractivity contribution is -1.02. The predicted molar refractivity (Wildman–Crippen MR) is 116 cm³/mol. The number of amides is 1. The monoisotopic (exact) mass is 409 g/mol. The van der Waals surface area contributed by atoms with Gasteiger partial charge in [0, 0.05) is 6.54 Å². The van der Waals surface area contributed by atoms with Crippen molar-refractivity contribution in [3.8, 4) is 11.5 Å². The van der Waals surface area contributed by atoms with E-state index < -0.39 is 0 Å². The summed E-state index contributed by atoms with van der Waals surface area (Å²) in [5, 5.41) is 3.08. The van der Waals surface area contributed by atoms with Gasteiger partial charge in [-0.3, -0.25) is 4.79 Å². The van der Waals surface area contributed by atoms with Crippen molar-refractivity contribution in [1.82, 2.24) is 5.32 Å². The first kappa shape index (κ1) is 20.4. The van der Waals surface area contributed by atoms with Gasteiger partial charge in [0.05, 0.1) is 6.54 Å². The first-order chi connectivity index (χ1) is 14.7. The van der Waals surface area contributed by atoms with Crippen LogP contribution in [0.1, 0.15) is 18.1 Å². The van der Waals surface area contributed by atoms with Gasteiger partial charge in [0.15, 0.2) is 17.5 Å². The minimum Gasteiger partial charge on any atom is -0.454 e. The Balaban J connectivity index is 1.19. The molecule has 2 aromatic carbocycles. The number of quaternary nitrogens is 2. The van der Waals surface area contributed by atoms with E-state index in [1.54, 1.807) is 4.90 Å². The molecule has 1 fully saturated rings. The average Bonchev–Trinajstić information content (AvgIpc) is 3.26. The smallest absolute Gasteiger partial charge is 0.278 e. The summed E-state index contributed by atoms with van der Waals surface area (Å²) in [7, 11) is 0. The molecule has 0 aliphatic carbocycles. The highest BCUT2D eigenvalue weighted by Gasteiger charge is 2.30. The van der Waals surface area contributed by atoms with Crippen LogP contribution in [-0.4, -0.2) is 51.5 Å². The van der Waals surface area contributed by atoms with Crippen molar-refractivity contribution in [2.24, 2.45) is 0 Å². The summed E-state index contributed by atoms with van der Waals surface area (Å²) >= 11 is 0. The second kappa shape index (κ2) is 9.78. The van der Waals surface area contributed by atoms with Crippen molar-refractivity contribution in [2.45, 2.75) is 19.5 Å². The quantitative estimate of drug-likeness (QED) is 0.600. The molecule has 0 bridgehead atoms. The number of fused-ring (bicyclic) bond motifs is 1. The van der Waals surface area contributed by atoms with Crippen molar-refractivity contribution in [1.29, 1.82) is 0 Å². The van der Waals surface area contributed by atoms with Gasteiger partial charge in [0.2, 0.25) is 6.79 Å². The first-order valence-electron chi connectivity index (χ1n) is 10.7. The van der Waals surface area contributed by atoms with Crippen molar-refractivity contribution in [3.05, 3.63) is 65.7 Å². The van der Waals surface area contributed by atoms with Crippen LogP contribution in [0, 0.1) is 0 Å². The average molecular weight is 410 g/mol. The number of carbonyl (C=O) groups is 1. The van der Waals surface area contributed by atoms with Crippen LogP contribution < -0.4 is 24.6 Å². The van der Waals surface area contributed by atoms with Crippen molar-refractivity contribution >= 4 is 12.0 Å². The summed E-state index contributed by atoms with van der Waals surface area (Å²) in [5.74, 6) is 1.62. The maximum atomic E-state index is 12.7. The lowest BCUT2D eigenvalue weighted by atomic mass is 10.1. The Morgan fingerprint density at radius 3 is 2.63 bits per heavy atom. The summed E-state index contributed by atoms with van der Waals surface area (Å²) in [6.07, 6.45) is 4.45. The molecule has 0 spiro atoms. The Morgan fingerprint density at radius 1 is 1.07 bits per heavy atom. The summed E-state index contributed by atoms with van der Waals surface area (Å²) in [5.41, 5.74) is 2.27. The fourth-order valence-corrected chi connectivity index (χ4v) is 4.07. The molecule has 6 nitrogen and oxygen atoms in total. The molecule has 6 heteroatoms. The number of benzene rings is 2. The maximum Gasteiger partial charge on any atom is 0.278 e. The van der Waals surface area contributed by atoms with Crippen molar-refractivity contribution < 1.29 is 24.1 Å². The molecule has 2 heterocycles. The number of piperazine rings is 1. The van der Waals surface area contributed by atoms with E-state index in [9.17, 15) is 4.79 Å². The Kier molecular flexibility index (Phi) is 6.67. The molecule has 2 aromatic rings. The fraction of sp³-hybridized carbons (Fsp3) is 0.375. The molecule has 0 radical (unpaired) electrons. The molecule has 2 aliphatic heterocycles. The third kappa shape index (κ3) is 5.20. The molecule has 0 saturated carbocycles. The van der Waals surface area contributed by atoms with E-state index in [2.05, 4.69) is 41.7 Å². The van der Waals surface area contributed by atoms with E-state index in [1.165, 1.54) is 10.5 Å². The minimum absolute atomic E-state index is 0.0413. The number of nitrogens with one attached hydrogen (secondary N) is 3. The molecule has 158 valence electrons. The SMILES string of the molecule is C[C@H](C(=O)NCc1ccc2c(c1)OCO2)[NH+]1CC[NH+](C/C=C/c2ccccc2)CC1. The van der Waals surface area contributed by atoms with Gasteiger partial charge in [0.25, 0.3) is 5.91 Å². The highest BCUT2D eigenvalue weighted by Crippen LogP contribution is 2.32. The largest absolute Gasteiger partial charge is 0.454 e. The maximum absolute atomic E-state index is 12.7. The summed E-state index contributed by atoms with van der Waals surface area (Å²) in [4.78, 5) is 15.6. The first-order valence-corrected chi connectivity index (χ1v) is 10.7. The van der Waals surface area contributed by atoms with Crippen LogP contribution >= 0.6 is 0 Å². The van der Waals surface area contributed by atoms with Crippen LogP contribution in [0.4, 0.5) is 0 Å². The molecular weight excluding hydrogens is 378 g/mol. The topological polar surface area (TPSA) is 56.4 Å². The van der Waals surface area contributed by atoms with E-state index in [0.29, 0.717) is 6.54 Å². The molecule has 4 rings (SSSR count). The summed E-state index contributed by atoms with van der Waals surface area (Å²) in [6, 6.07) is 16.2. The second-order valence-electron chi connectivity index (χ2n) is 8.05. The van der Waals surface area contributed by atoms with Gasteiger partial charge >= 0.3 is 0 Å². The molecule has 1 saturated heterocycles. The normalized spacial score (nSPS) is 21.5. The third-order valence-corrected chi connectivity index (χ3v) is 6.03. The van der Waals surface area contributed by atoms with Crippen molar-refractivity contribution in [3.63, 3.8) is 0 Å². The number of hydrogen-bond donors (Lipinski definition) is 3. The Morgan fingerprint density at radius 2 is 1.83 bits per heavy atom. The highest BCUT2D eigenvalue weighted by atomic mass is 16.7.